The van der Waals surface area contributed by atoms with Crippen LogP contribution >= 0.6 is 0 Å². The van der Waals surface area contributed by atoms with Crippen molar-refractivity contribution in [2.75, 3.05) is 0 Å². The summed E-state index contributed by atoms with van der Waals surface area (Å²) in [6.45, 7) is 13.0. The molecule has 3 unspecified atom stereocenters. The Morgan fingerprint density at radius 1 is 0.774 bits per heavy atom. The largest absolute Gasteiger partial charge is 0.507 e. The third kappa shape index (κ3) is 5.75. The highest BCUT2D eigenvalue weighted by Gasteiger charge is 2.71. The average Bonchev–Trinajstić information content (AvgIpc) is 3.51. The summed E-state index contributed by atoms with van der Waals surface area (Å²) in [5, 5.41) is 14.6. The highest BCUT2D eigenvalue weighted by Crippen LogP contribution is 2.63. The number of benzene rings is 1. The van der Waals surface area contributed by atoms with Gasteiger partial charge < -0.3 is 24.1 Å². The summed E-state index contributed by atoms with van der Waals surface area (Å²) < 4.78 is 27.3. The van der Waals surface area contributed by atoms with Crippen molar-refractivity contribution >= 4 is 12.1 Å². The van der Waals surface area contributed by atoms with Gasteiger partial charge in [0.25, 0.3) is 0 Å². The van der Waals surface area contributed by atoms with Crippen LogP contribution in [0.4, 0.5) is 0 Å². The molecule has 8 heterocycles. The Balaban J connectivity index is 1.01. The van der Waals surface area contributed by atoms with Gasteiger partial charge in [0.05, 0.1) is 18.4 Å². The molecule has 10 fully saturated rings. The van der Waals surface area contributed by atoms with E-state index in [2.05, 4.69) is 38.2 Å². The second-order valence-corrected chi connectivity index (χ2v) is 18.3. The maximum atomic E-state index is 14.4. The molecule has 1 aromatic rings. The Hall–Kier alpha value is -2.16. The summed E-state index contributed by atoms with van der Waals surface area (Å²) in [7, 11) is 0. The molecule has 12 heteroatoms. The van der Waals surface area contributed by atoms with E-state index in [-0.39, 0.29) is 59.4 Å². The Kier molecular flexibility index (Phi) is 9.10. The van der Waals surface area contributed by atoms with E-state index in [9.17, 15) is 9.90 Å². The molecule has 17 atom stereocenters. The average molecular weight is 739 g/mol. The van der Waals surface area contributed by atoms with Crippen LogP contribution in [0.3, 0.4) is 0 Å². The van der Waals surface area contributed by atoms with E-state index >= 15 is 0 Å². The quantitative estimate of drug-likeness (QED) is 0.176. The number of nitrogens with one attached hydrogen (secondary N) is 1. The van der Waals surface area contributed by atoms with Crippen molar-refractivity contribution in [3.05, 3.63) is 29.8 Å². The zero-order valence-electron chi connectivity index (χ0n) is 32.0. The van der Waals surface area contributed by atoms with Crippen molar-refractivity contribution in [3.8, 4) is 5.75 Å². The fourth-order valence-electron chi connectivity index (χ4n) is 12.2. The van der Waals surface area contributed by atoms with E-state index in [4.69, 9.17) is 38.5 Å². The molecule has 0 radical (unpaired) electrons. The van der Waals surface area contributed by atoms with E-state index in [0.717, 1.165) is 51.4 Å². The first-order valence-electron chi connectivity index (χ1n) is 20.4. The predicted molar refractivity (Wildman–Crippen MR) is 190 cm³/mol. The molecular formula is C41H58N2O10. The lowest BCUT2D eigenvalue weighted by molar-refractivity contribution is -0.571. The molecule has 53 heavy (non-hydrogen) atoms. The predicted octanol–water partition coefficient (Wildman–Crippen LogP) is 6.74. The van der Waals surface area contributed by atoms with Gasteiger partial charge in [-0.05, 0) is 113 Å². The molecular weight excluding hydrogens is 680 g/mol. The molecule has 8 aliphatic heterocycles. The number of para-hydroxylation sites is 1. The fourth-order valence-corrected chi connectivity index (χ4v) is 12.2. The lowest BCUT2D eigenvalue weighted by Crippen LogP contribution is -2.70. The molecule has 1 amide bonds. The summed E-state index contributed by atoms with van der Waals surface area (Å²) >= 11 is 0. The van der Waals surface area contributed by atoms with Crippen molar-refractivity contribution in [2.45, 2.75) is 153 Å². The summed E-state index contributed by atoms with van der Waals surface area (Å²) in [5.74, 6) is -0.504. The number of hydrogen-bond acceptors (Lipinski definition) is 11. The molecule has 10 aliphatic rings. The highest BCUT2D eigenvalue weighted by molar-refractivity contribution is 5.85. The van der Waals surface area contributed by atoms with Gasteiger partial charge in [-0.3, -0.25) is 4.79 Å². The first kappa shape index (κ1) is 36.5. The molecule has 12 nitrogen and oxygen atoms in total. The Morgan fingerprint density at radius 2 is 1.28 bits per heavy atom. The highest BCUT2D eigenvalue weighted by atomic mass is 17.3. The number of amides is 1. The number of carbonyl (C=O) groups is 1. The van der Waals surface area contributed by atoms with Gasteiger partial charge in [0.1, 0.15) is 5.75 Å². The number of hydrazone groups is 1. The molecule has 2 aliphatic carbocycles. The minimum atomic E-state index is -0.881. The number of fused-ring (bicyclic) bond motifs is 4. The lowest BCUT2D eigenvalue weighted by atomic mass is 9.56. The van der Waals surface area contributed by atoms with Gasteiger partial charge in [-0.2, -0.15) is 5.10 Å². The van der Waals surface area contributed by atoms with Crippen molar-refractivity contribution < 1.29 is 48.4 Å². The summed E-state index contributed by atoms with van der Waals surface area (Å²) in [6.07, 6.45) is 8.21. The van der Waals surface area contributed by atoms with E-state index in [1.54, 1.807) is 18.2 Å². The van der Waals surface area contributed by atoms with E-state index in [1.807, 2.05) is 19.9 Å². The number of aromatic hydroxyl groups is 1. The summed E-state index contributed by atoms with van der Waals surface area (Å²) in [5.41, 5.74) is 1.98. The number of ether oxygens (including phenoxy) is 4. The van der Waals surface area contributed by atoms with Gasteiger partial charge >= 0.3 is 0 Å². The van der Waals surface area contributed by atoms with Crippen molar-refractivity contribution in [1.29, 1.82) is 0 Å². The SMILES string of the molecule is C[C@@H]1CC[C@H]2[C@@H](C)C(CC(CC3O[C@@H]4O[C@]5(C)CC[C@@H]6[C@@H](C)CC[C@H]([C@@H]3C)[C@]46OO5)C(=O)N/N=C/c3ccccc3O)O[C@H]3O[C@@]4(C)CC[C@@H]1[C@]32OO4. The number of carbonyl (C=O) groups excluding carboxylic acids is 1. The normalized spacial score (nSPS) is 50.5. The van der Waals surface area contributed by atoms with Gasteiger partial charge in [-0.15, -0.1) is 0 Å². The molecule has 292 valence electrons. The second-order valence-electron chi connectivity index (χ2n) is 18.3. The Bertz CT molecular complexity index is 1510. The number of nitrogens with zero attached hydrogens (tertiary/aromatic N) is 1. The minimum Gasteiger partial charge on any atom is -0.507 e. The van der Waals surface area contributed by atoms with Gasteiger partial charge in [-0.1, -0.05) is 39.8 Å². The topological polar surface area (TPSA) is 136 Å². The maximum Gasteiger partial charge on any atom is 0.243 e. The number of hydrogen-bond donors (Lipinski definition) is 2. The van der Waals surface area contributed by atoms with Crippen LogP contribution in [0.25, 0.3) is 0 Å². The number of phenols is 1. The van der Waals surface area contributed by atoms with Crippen LogP contribution in [0.1, 0.15) is 111 Å². The minimum absolute atomic E-state index is 0.0796. The third-order valence-electron chi connectivity index (χ3n) is 15.3. The van der Waals surface area contributed by atoms with Gasteiger partial charge in [-0.25, -0.2) is 25.0 Å². The third-order valence-corrected chi connectivity index (χ3v) is 15.3. The molecule has 1 aromatic carbocycles. The van der Waals surface area contributed by atoms with Crippen molar-refractivity contribution in [2.24, 2.45) is 58.4 Å². The van der Waals surface area contributed by atoms with Crippen LogP contribution in [0.2, 0.25) is 0 Å². The van der Waals surface area contributed by atoms with Gasteiger partial charge in [0.2, 0.25) is 17.5 Å². The van der Waals surface area contributed by atoms with Gasteiger partial charge in [0.15, 0.2) is 23.8 Å². The first-order chi connectivity index (χ1) is 25.4. The summed E-state index contributed by atoms with van der Waals surface area (Å²) in [6, 6.07) is 6.91. The molecule has 2 N–H and O–H groups in total. The standard InChI is InChI=1S/C41H58N2O10/c1-22-11-13-30-24(3)33(46-36-40(30)28(22)15-17-38(5,48-36)50-52-40)19-27(35(45)43-42-21-26-9-7-8-10-32(26)44)20-34-25(4)31-14-12-23(2)29-16-18-39(6)49-37(47-34)41(29,31)53-51-39/h7-10,21-25,27-31,33-34,36-37,44H,11-20H2,1-6H3,(H,43,45)/b42-21+/t22-,23+,24-,25+,27?,28+,29-,30+,31-,33?,34?,36+,37-,38-,39+,40-,41+. The van der Waals surface area contributed by atoms with Gasteiger partial charge in [0, 0.05) is 36.2 Å². The fraction of sp³-hybridized carbons (Fsp3) is 0.805. The molecule has 8 saturated heterocycles. The van der Waals surface area contributed by atoms with E-state index in [1.165, 1.54) is 6.21 Å². The summed E-state index contributed by atoms with van der Waals surface area (Å²) in [4.78, 5) is 39.3. The molecule has 0 aromatic heterocycles. The second kappa shape index (κ2) is 13.2. The van der Waals surface area contributed by atoms with Crippen LogP contribution in [0.5, 0.6) is 5.75 Å². The number of phenolic OH excluding ortho intramolecular Hbond substituents is 1. The van der Waals surface area contributed by atoms with Crippen LogP contribution < -0.4 is 5.43 Å². The van der Waals surface area contributed by atoms with Crippen LogP contribution in [-0.2, 0) is 43.3 Å². The molecule has 2 spiro atoms. The van der Waals surface area contributed by atoms with E-state index < -0.39 is 41.3 Å². The molecule has 2 saturated carbocycles. The smallest absolute Gasteiger partial charge is 0.243 e. The van der Waals surface area contributed by atoms with Crippen molar-refractivity contribution in [3.63, 3.8) is 0 Å². The van der Waals surface area contributed by atoms with Crippen LogP contribution in [-0.4, -0.2) is 64.8 Å². The molecule has 4 bridgehead atoms. The Morgan fingerprint density at radius 3 is 1.79 bits per heavy atom. The zero-order valence-corrected chi connectivity index (χ0v) is 32.0. The van der Waals surface area contributed by atoms with E-state index in [0.29, 0.717) is 30.2 Å². The van der Waals surface area contributed by atoms with Crippen molar-refractivity contribution in [1.82, 2.24) is 5.43 Å². The zero-order chi connectivity index (χ0) is 36.9. The number of rotatable bonds is 7. The monoisotopic (exact) mass is 738 g/mol. The maximum absolute atomic E-state index is 14.4. The molecule has 11 rings (SSSR count). The lowest BCUT2D eigenvalue weighted by Gasteiger charge is -2.61. The first-order valence-corrected chi connectivity index (χ1v) is 20.4. The van der Waals surface area contributed by atoms with Crippen LogP contribution in [0.15, 0.2) is 29.4 Å². The van der Waals surface area contributed by atoms with Crippen LogP contribution in [0, 0.1) is 53.3 Å². The Labute approximate surface area is 312 Å².